The summed E-state index contributed by atoms with van der Waals surface area (Å²) in [6.45, 7) is 0. The Kier molecular flexibility index (Phi) is 3.50. The zero-order valence-corrected chi connectivity index (χ0v) is 10.2. The van der Waals surface area contributed by atoms with Gasteiger partial charge in [0.2, 0.25) is 0 Å². The second-order valence-corrected chi connectivity index (χ2v) is 4.41. The quantitative estimate of drug-likeness (QED) is 0.785. The molecular weight excluding hydrogens is 232 g/mol. The third-order valence-electron chi connectivity index (χ3n) is 3.15. The summed E-state index contributed by atoms with van der Waals surface area (Å²) in [6.07, 6.45) is 8.25. The number of hydrogen-bond donors (Lipinski definition) is 2. The van der Waals surface area contributed by atoms with Gasteiger partial charge in [0, 0.05) is 37.6 Å². The van der Waals surface area contributed by atoms with Crippen LogP contribution in [-0.2, 0) is 9.59 Å². The second-order valence-electron chi connectivity index (χ2n) is 4.41. The van der Waals surface area contributed by atoms with E-state index in [9.17, 15) is 9.59 Å². The van der Waals surface area contributed by atoms with Gasteiger partial charge in [-0.2, -0.15) is 0 Å². The fourth-order valence-electron chi connectivity index (χ4n) is 2.27. The van der Waals surface area contributed by atoms with Crippen LogP contribution >= 0.6 is 0 Å². The third-order valence-corrected chi connectivity index (χ3v) is 3.15. The van der Waals surface area contributed by atoms with Crippen molar-refractivity contribution in [1.29, 1.82) is 0 Å². The van der Waals surface area contributed by atoms with Crippen molar-refractivity contribution in [3.8, 4) is 0 Å². The first-order valence-electron chi connectivity index (χ1n) is 5.92. The van der Waals surface area contributed by atoms with Gasteiger partial charge in [-0.25, -0.2) is 0 Å². The zero-order valence-electron chi connectivity index (χ0n) is 10.2. The maximum atomic E-state index is 12.0. The summed E-state index contributed by atoms with van der Waals surface area (Å²) >= 11 is 0. The first-order chi connectivity index (χ1) is 8.59. The molecule has 1 heterocycles. The lowest BCUT2D eigenvalue weighted by Crippen LogP contribution is -2.30. The van der Waals surface area contributed by atoms with Gasteiger partial charge in [-0.1, -0.05) is 12.2 Å². The molecule has 0 aromatic carbocycles. The molecule has 1 aliphatic carbocycles. The molecule has 2 N–H and O–H groups in total. The van der Waals surface area contributed by atoms with Crippen LogP contribution in [0.3, 0.4) is 0 Å². The first-order valence-corrected chi connectivity index (χ1v) is 5.92. The normalized spacial score (nSPS) is 22.6. The molecule has 0 saturated carbocycles. The average Bonchev–Trinajstić information content (AvgIpc) is 2.48. The maximum Gasteiger partial charge on any atom is 0.303 e. The smallest absolute Gasteiger partial charge is 0.303 e. The molecule has 5 heteroatoms. The fourth-order valence-corrected chi connectivity index (χ4v) is 2.27. The number of carboxylic acids is 1. The van der Waals surface area contributed by atoms with Gasteiger partial charge in [0.1, 0.15) is 0 Å². The number of allylic oxidation sites excluding steroid dienone is 4. The number of nitrogens with zero attached hydrogens (tertiary/aromatic N) is 1. The van der Waals surface area contributed by atoms with Gasteiger partial charge in [0.25, 0.3) is 0 Å². The number of hydrazine groups is 1. The number of hydrogen-bond acceptors (Lipinski definition) is 4. The number of carbonyl (C=O) groups is 2. The van der Waals surface area contributed by atoms with Crippen LogP contribution in [-0.4, -0.2) is 28.9 Å². The minimum atomic E-state index is -0.838. The van der Waals surface area contributed by atoms with Crippen LogP contribution in [0.1, 0.15) is 19.3 Å². The summed E-state index contributed by atoms with van der Waals surface area (Å²) in [4.78, 5) is 22.7. The number of rotatable bonds is 3. The highest BCUT2D eigenvalue weighted by Crippen LogP contribution is 2.30. The van der Waals surface area contributed by atoms with E-state index in [0.29, 0.717) is 18.4 Å². The molecule has 96 valence electrons. The number of nitrogens with one attached hydrogen (secondary N) is 1. The van der Waals surface area contributed by atoms with Crippen LogP contribution in [0.5, 0.6) is 0 Å². The molecule has 0 bridgehead atoms. The number of carbonyl (C=O) groups excluding carboxylic acids is 1. The van der Waals surface area contributed by atoms with Crippen LogP contribution in [0.15, 0.2) is 35.7 Å². The summed E-state index contributed by atoms with van der Waals surface area (Å²) in [7, 11) is 1.84. The molecule has 2 aliphatic rings. The molecule has 0 fully saturated rings. The highest BCUT2D eigenvalue weighted by atomic mass is 16.4. The molecule has 0 saturated heterocycles. The van der Waals surface area contributed by atoms with E-state index in [1.807, 2.05) is 25.3 Å². The molecule has 0 spiro atoms. The average molecular weight is 248 g/mol. The van der Waals surface area contributed by atoms with Crippen molar-refractivity contribution in [3.63, 3.8) is 0 Å². The van der Waals surface area contributed by atoms with E-state index in [2.05, 4.69) is 5.43 Å². The lowest BCUT2D eigenvalue weighted by Gasteiger charge is -2.25. The van der Waals surface area contributed by atoms with Crippen LogP contribution in [0, 0.1) is 5.92 Å². The number of ketones is 1. The van der Waals surface area contributed by atoms with E-state index in [1.165, 1.54) is 0 Å². The van der Waals surface area contributed by atoms with Gasteiger partial charge in [-0.05, 0) is 12.5 Å². The Morgan fingerprint density at radius 3 is 3.11 bits per heavy atom. The predicted octanol–water partition coefficient (Wildman–Crippen LogP) is 1.21. The molecule has 0 radical (unpaired) electrons. The number of Topliss-reactive ketones (excluding diaryl/α,β-unsaturated/α-hetero) is 1. The Morgan fingerprint density at radius 2 is 2.39 bits per heavy atom. The standard InChI is InChI=1S/C13H16N2O3/c1-15-10-3-2-4-11(16)13(10)9(7-8-14-15)5-6-12(17)18/h2-3,7-9,14H,4-6H2,1H3,(H,17,18). The molecule has 1 aliphatic heterocycles. The van der Waals surface area contributed by atoms with Crippen LogP contribution < -0.4 is 5.43 Å². The zero-order chi connectivity index (χ0) is 13.1. The highest BCUT2D eigenvalue weighted by molar-refractivity contribution is 5.99. The van der Waals surface area contributed by atoms with Gasteiger partial charge in [-0.15, -0.1) is 0 Å². The van der Waals surface area contributed by atoms with Crippen LogP contribution in [0.4, 0.5) is 0 Å². The lowest BCUT2D eigenvalue weighted by molar-refractivity contribution is -0.137. The predicted molar refractivity (Wildman–Crippen MR) is 66.2 cm³/mol. The monoisotopic (exact) mass is 248 g/mol. The summed E-state index contributed by atoms with van der Waals surface area (Å²) in [5, 5.41) is 10.5. The topological polar surface area (TPSA) is 69.6 Å². The number of aliphatic carboxylic acids is 1. The molecule has 2 rings (SSSR count). The lowest BCUT2D eigenvalue weighted by atomic mass is 9.86. The van der Waals surface area contributed by atoms with E-state index in [4.69, 9.17) is 5.11 Å². The Morgan fingerprint density at radius 1 is 1.61 bits per heavy atom. The minimum absolute atomic E-state index is 0.0620. The first kappa shape index (κ1) is 12.4. The minimum Gasteiger partial charge on any atom is -0.481 e. The van der Waals surface area contributed by atoms with Gasteiger partial charge in [0.15, 0.2) is 5.78 Å². The molecule has 5 nitrogen and oxygen atoms in total. The van der Waals surface area contributed by atoms with Crippen molar-refractivity contribution in [2.24, 2.45) is 5.92 Å². The molecule has 1 unspecified atom stereocenters. The summed E-state index contributed by atoms with van der Waals surface area (Å²) in [5.74, 6) is -0.899. The van der Waals surface area contributed by atoms with Crippen molar-refractivity contribution in [3.05, 3.63) is 35.7 Å². The molecule has 0 amide bonds. The second kappa shape index (κ2) is 5.08. The molecule has 1 atom stereocenters. The SMILES string of the molecule is CN1NC=CC(CCC(=O)O)C2=C1C=CCC2=O. The largest absolute Gasteiger partial charge is 0.481 e. The molecular formula is C13H16N2O3. The number of carboxylic acid groups (broad SMARTS) is 1. The van der Waals surface area contributed by atoms with Crippen LogP contribution in [0.2, 0.25) is 0 Å². The summed E-state index contributed by atoms with van der Waals surface area (Å²) in [6, 6.07) is 0. The van der Waals surface area contributed by atoms with Gasteiger partial charge < -0.3 is 10.5 Å². The van der Waals surface area contributed by atoms with E-state index in [1.54, 1.807) is 11.2 Å². The summed E-state index contributed by atoms with van der Waals surface area (Å²) in [5.41, 5.74) is 4.56. The van der Waals surface area contributed by atoms with Crippen molar-refractivity contribution >= 4 is 11.8 Å². The van der Waals surface area contributed by atoms with Crippen molar-refractivity contribution in [2.45, 2.75) is 19.3 Å². The van der Waals surface area contributed by atoms with E-state index < -0.39 is 5.97 Å². The highest BCUT2D eigenvalue weighted by Gasteiger charge is 2.27. The van der Waals surface area contributed by atoms with Gasteiger partial charge >= 0.3 is 5.97 Å². The van der Waals surface area contributed by atoms with E-state index >= 15 is 0 Å². The fraction of sp³-hybridized carbons (Fsp3) is 0.385. The maximum absolute atomic E-state index is 12.0. The van der Waals surface area contributed by atoms with Crippen LogP contribution in [0.25, 0.3) is 0 Å². The Bertz CT molecular complexity index is 463. The third kappa shape index (κ3) is 2.45. The Balaban J connectivity index is 2.31. The Hall–Kier alpha value is -2.04. The Labute approximate surface area is 105 Å². The summed E-state index contributed by atoms with van der Waals surface area (Å²) < 4.78 is 0. The van der Waals surface area contributed by atoms with Gasteiger partial charge in [-0.3, -0.25) is 14.6 Å². The van der Waals surface area contributed by atoms with Crippen molar-refractivity contribution < 1.29 is 14.7 Å². The molecule has 0 aromatic heterocycles. The van der Waals surface area contributed by atoms with E-state index in [0.717, 1.165) is 5.70 Å². The number of likely N-dealkylation sites (N-methyl/N-ethyl adjacent to an activating group) is 1. The van der Waals surface area contributed by atoms with Crippen molar-refractivity contribution in [2.75, 3.05) is 7.05 Å². The van der Waals surface area contributed by atoms with Crippen molar-refractivity contribution in [1.82, 2.24) is 10.4 Å². The molecule has 0 aromatic rings. The van der Waals surface area contributed by atoms with E-state index in [-0.39, 0.29) is 18.1 Å². The van der Waals surface area contributed by atoms with Gasteiger partial charge in [0.05, 0.1) is 5.70 Å². The molecule has 18 heavy (non-hydrogen) atoms.